The highest BCUT2D eigenvalue weighted by Gasteiger charge is 2.28. The van der Waals surface area contributed by atoms with E-state index in [-0.39, 0.29) is 24.1 Å². The van der Waals surface area contributed by atoms with E-state index in [0.717, 1.165) is 24.8 Å². The number of aliphatic hydroxyl groups is 1. The van der Waals surface area contributed by atoms with Crippen molar-refractivity contribution >= 4 is 6.03 Å². The standard InChI is InChI=1S/C19H25N3O3/c1-13(18-20-11-17(25-18)14-7-4-3-5-8-14)21-19(24)22(2)12-15-9-6-10-16(15)23/h3-5,7-8,11,13,15-16,23H,6,9-10,12H2,1-2H3,(H,21,24). The van der Waals surface area contributed by atoms with Crippen LogP contribution in [0.2, 0.25) is 0 Å². The Morgan fingerprint density at radius 2 is 2.16 bits per heavy atom. The van der Waals surface area contributed by atoms with E-state index < -0.39 is 0 Å². The van der Waals surface area contributed by atoms with Crippen molar-refractivity contribution in [2.45, 2.75) is 38.3 Å². The van der Waals surface area contributed by atoms with Crippen molar-refractivity contribution in [3.05, 3.63) is 42.4 Å². The molecule has 1 saturated carbocycles. The van der Waals surface area contributed by atoms with Crippen molar-refractivity contribution in [2.75, 3.05) is 13.6 Å². The molecule has 3 atom stereocenters. The molecule has 6 nitrogen and oxygen atoms in total. The van der Waals surface area contributed by atoms with Gasteiger partial charge in [-0.3, -0.25) is 0 Å². The summed E-state index contributed by atoms with van der Waals surface area (Å²) in [6.45, 7) is 2.40. The van der Waals surface area contributed by atoms with Gasteiger partial charge in [-0.1, -0.05) is 36.8 Å². The molecule has 1 heterocycles. The lowest BCUT2D eigenvalue weighted by Gasteiger charge is -2.24. The van der Waals surface area contributed by atoms with Crippen molar-refractivity contribution in [3.8, 4) is 11.3 Å². The highest BCUT2D eigenvalue weighted by atomic mass is 16.4. The van der Waals surface area contributed by atoms with Crippen LogP contribution < -0.4 is 5.32 Å². The zero-order valence-electron chi connectivity index (χ0n) is 14.7. The molecule has 1 fully saturated rings. The number of nitrogens with zero attached hydrogens (tertiary/aromatic N) is 2. The molecule has 134 valence electrons. The van der Waals surface area contributed by atoms with E-state index in [0.29, 0.717) is 18.2 Å². The van der Waals surface area contributed by atoms with Gasteiger partial charge in [0, 0.05) is 25.1 Å². The van der Waals surface area contributed by atoms with Gasteiger partial charge in [-0.05, 0) is 19.8 Å². The van der Waals surface area contributed by atoms with Gasteiger partial charge < -0.3 is 19.7 Å². The number of carbonyl (C=O) groups excluding carboxylic acids is 1. The summed E-state index contributed by atoms with van der Waals surface area (Å²) in [6.07, 6.45) is 4.19. The molecule has 6 heteroatoms. The van der Waals surface area contributed by atoms with Gasteiger partial charge in [0.05, 0.1) is 12.3 Å². The van der Waals surface area contributed by atoms with Gasteiger partial charge in [0.25, 0.3) is 0 Å². The number of aromatic nitrogens is 1. The molecule has 2 aromatic rings. The van der Waals surface area contributed by atoms with E-state index >= 15 is 0 Å². The third-order valence-corrected chi connectivity index (χ3v) is 4.77. The molecule has 3 rings (SSSR count). The van der Waals surface area contributed by atoms with Crippen molar-refractivity contribution < 1.29 is 14.3 Å². The van der Waals surface area contributed by atoms with E-state index in [1.807, 2.05) is 37.3 Å². The Morgan fingerprint density at radius 1 is 1.40 bits per heavy atom. The van der Waals surface area contributed by atoms with Gasteiger partial charge >= 0.3 is 6.03 Å². The second-order valence-electron chi connectivity index (χ2n) is 6.74. The van der Waals surface area contributed by atoms with Gasteiger partial charge in [-0.2, -0.15) is 0 Å². The predicted molar refractivity (Wildman–Crippen MR) is 94.9 cm³/mol. The summed E-state index contributed by atoms with van der Waals surface area (Å²) in [5.41, 5.74) is 0.951. The van der Waals surface area contributed by atoms with Gasteiger partial charge in [-0.25, -0.2) is 9.78 Å². The van der Waals surface area contributed by atoms with E-state index in [1.165, 1.54) is 0 Å². The second-order valence-corrected chi connectivity index (χ2v) is 6.74. The molecular formula is C19H25N3O3. The maximum absolute atomic E-state index is 12.4. The molecule has 0 radical (unpaired) electrons. The Morgan fingerprint density at radius 3 is 2.84 bits per heavy atom. The lowest BCUT2D eigenvalue weighted by atomic mass is 10.1. The Kier molecular flexibility index (Phi) is 5.38. The number of aliphatic hydroxyl groups excluding tert-OH is 1. The topological polar surface area (TPSA) is 78.6 Å². The highest BCUT2D eigenvalue weighted by molar-refractivity contribution is 5.74. The third kappa shape index (κ3) is 4.20. The van der Waals surface area contributed by atoms with Crippen LogP contribution >= 0.6 is 0 Å². The average molecular weight is 343 g/mol. The normalized spacial score (nSPS) is 21.1. The number of urea groups is 1. The maximum atomic E-state index is 12.4. The summed E-state index contributed by atoms with van der Waals surface area (Å²) in [5.74, 6) is 1.32. The van der Waals surface area contributed by atoms with Crippen LogP contribution in [-0.2, 0) is 0 Å². The fourth-order valence-corrected chi connectivity index (χ4v) is 3.25. The summed E-state index contributed by atoms with van der Waals surface area (Å²) in [4.78, 5) is 18.3. The van der Waals surface area contributed by atoms with Crippen LogP contribution in [-0.4, -0.2) is 40.7 Å². The van der Waals surface area contributed by atoms with Gasteiger partial charge in [-0.15, -0.1) is 0 Å². The van der Waals surface area contributed by atoms with E-state index in [4.69, 9.17) is 4.42 Å². The van der Waals surface area contributed by atoms with Crippen LogP contribution in [0, 0.1) is 5.92 Å². The van der Waals surface area contributed by atoms with Crippen LogP contribution in [0.1, 0.15) is 38.1 Å². The van der Waals surface area contributed by atoms with Crippen molar-refractivity contribution in [1.82, 2.24) is 15.2 Å². The first kappa shape index (κ1) is 17.5. The number of hydrogen-bond acceptors (Lipinski definition) is 4. The van der Waals surface area contributed by atoms with Gasteiger partial charge in [0.15, 0.2) is 5.76 Å². The molecule has 1 aromatic heterocycles. The molecule has 3 unspecified atom stereocenters. The number of carbonyl (C=O) groups is 1. The number of rotatable bonds is 5. The van der Waals surface area contributed by atoms with E-state index in [9.17, 15) is 9.90 Å². The minimum absolute atomic E-state index is 0.164. The number of benzene rings is 1. The predicted octanol–water partition coefficient (Wildman–Crippen LogP) is 3.21. The molecule has 1 aliphatic rings. The first-order valence-corrected chi connectivity index (χ1v) is 8.75. The molecule has 0 saturated heterocycles. The van der Waals surface area contributed by atoms with E-state index in [2.05, 4.69) is 10.3 Å². The maximum Gasteiger partial charge on any atom is 0.317 e. The second kappa shape index (κ2) is 7.70. The zero-order chi connectivity index (χ0) is 17.8. The van der Waals surface area contributed by atoms with Crippen LogP contribution in [0.3, 0.4) is 0 Å². The van der Waals surface area contributed by atoms with Crippen LogP contribution in [0.5, 0.6) is 0 Å². The van der Waals surface area contributed by atoms with Crippen molar-refractivity contribution in [3.63, 3.8) is 0 Å². The monoisotopic (exact) mass is 343 g/mol. The zero-order valence-corrected chi connectivity index (χ0v) is 14.7. The molecule has 0 aliphatic heterocycles. The fraction of sp³-hybridized carbons (Fsp3) is 0.474. The summed E-state index contributed by atoms with van der Waals surface area (Å²) >= 11 is 0. The summed E-state index contributed by atoms with van der Waals surface area (Å²) in [6, 6.07) is 9.21. The minimum atomic E-state index is -0.332. The lowest BCUT2D eigenvalue weighted by Crippen LogP contribution is -2.42. The van der Waals surface area contributed by atoms with Gasteiger partial charge in [0.1, 0.15) is 6.04 Å². The highest BCUT2D eigenvalue weighted by Crippen LogP contribution is 2.26. The molecule has 0 bridgehead atoms. The quantitative estimate of drug-likeness (QED) is 0.874. The van der Waals surface area contributed by atoms with Crippen LogP contribution in [0.15, 0.2) is 40.9 Å². The van der Waals surface area contributed by atoms with Crippen molar-refractivity contribution in [2.24, 2.45) is 5.92 Å². The molecule has 2 amide bonds. The Labute approximate surface area is 147 Å². The third-order valence-electron chi connectivity index (χ3n) is 4.77. The summed E-state index contributed by atoms with van der Waals surface area (Å²) in [7, 11) is 1.75. The largest absolute Gasteiger partial charge is 0.438 e. The first-order valence-electron chi connectivity index (χ1n) is 8.75. The number of hydrogen-bond donors (Lipinski definition) is 2. The molecule has 0 spiro atoms. The van der Waals surface area contributed by atoms with Crippen LogP contribution in [0.25, 0.3) is 11.3 Å². The van der Waals surface area contributed by atoms with E-state index in [1.54, 1.807) is 18.1 Å². The fourth-order valence-electron chi connectivity index (χ4n) is 3.25. The summed E-state index contributed by atoms with van der Waals surface area (Å²) < 4.78 is 5.78. The molecule has 1 aromatic carbocycles. The average Bonchev–Trinajstić information content (AvgIpc) is 3.25. The number of amides is 2. The first-order chi connectivity index (χ1) is 12.0. The summed E-state index contributed by atoms with van der Waals surface area (Å²) in [5, 5.41) is 12.8. The Hall–Kier alpha value is -2.34. The lowest BCUT2D eigenvalue weighted by molar-refractivity contribution is 0.113. The Balaban J connectivity index is 1.57. The minimum Gasteiger partial charge on any atom is -0.438 e. The van der Waals surface area contributed by atoms with Crippen molar-refractivity contribution in [1.29, 1.82) is 0 Å². The smallest absolute Gasteiger partial charge is 0.317 e. The number of nitrogens with one attached hydrogen (secondary N) is 1. The number of oxazole rings is 1. The van der Waals surface area contributed by atoms with Gasteiger partial charge in [0.2, 0.25) is 5.89 Å². The molecular weight excluding hydrogens is 318 g/mol. The van der Waals surface area contributed by atoms with Crippen LogP contribution in [0.4, 0.5) is 4.79 Å². The molecule has 2 N–H and O–H groups in total. The molecule has 1 aliphatic carbocycles. The SMILES string of the molecule is CC(NC(=O)N(C)CC1CCCC1O)c1ncc(-c2ccccc2)o1. The Bertz CT molecular complexity index is 701. The molecule has 25 heavy (non-hydrogen) atoms.